The Hall–Kier alpha value is -0.840. The van der Waals surface area contributed by atoms with Crippen LogP contribution in [0.4, 0.5) is 10.5 Å². The molecule has 1 atom stereocenters. The molecule has 0 N–H and O–H groups in total. The van der Waals surface area contributed by atoms with Gasteiger partial charge in [0.25, 0.3) is 0 Å². The van der Waals surface area contributed by atoms with Gasteiger partial charge in [0.15, 0.2) is 0 Å². The van der Waals surface area contributed by atoms with Gasteiger partial charge in [0.2, 0.25) is 0 Å². The summed E-state index contributed by atoms with van der Waals surface area (Å²) in [5.41, 5.74) is 3.10. The fraction of sp³-hybridized carbons (Fsp3) is 0.188. The van der Waals surface area contributed by atoms with Gasteiger partial charge in [0.05, 0.1) is 11.7 Å². The first-order valence-corrected chi connectivity index (χ1v) is 8.56. The van der Waals surface area contributed by atoms with Gasteiger partial charge in [-0.15, -0.1) is 0 Å². The van der Waals surface area contributed by atoms with Crippen molar-refractivity contribution in [3.05, 3.63) is 62.5 Å². The Balaban J connectivity index is 2.13. The third-order valence-corrected chi connectivity index (χ3v) is 4.96. The zero-order valence-corrected chi connectivity index (χ0v) is 15.0. The van der Waals surface area contributed by atoms with Crippen LogP contribution in [0.5, 0.6) is 0 Å². The summed E-state index contributed by atoms with van der Waals surface area (Å²) in [6.45, 7) is 0. The Morgan fingerprint density at radius 1 is 1.19 bits per heavy atom. The molecule has 0 bridgehead atoms. The van der Waals surface area contributed by atoms with Gasteiger partial charge in [0, 0.05) is 8.95 Å². The van der Waals surface area contributed by atoms with Gasteiger partial charge < -0.3 is 0 Å². The summed E-state index contributed by atoms with van der Waals surface area (Å²) in [7, 11) is 0. The van der Waals surface area contributed by atoms with Crippen LogP contribution in [0.15, 0.2) is 51.4 Å². The van der Waals surface area contributed by atoms with E-state index in [1.54, 1.807) is 4.90 Å². The van der Waals surface area contributed by atoms with E-state index in [-0.39, 0.29) is 6.04 Å². The van der Waals surface area contributed by atoms with Crippen molar-refractivity contribution >= 4 is 54.5 Å². The average Bonchev–Trinajstić information content (AvgIpc) is 2.46. The Morgan fingerprint density at radius 2 is 1.90 bits per heavy atom. The van der Waals surface area contributed by atoms with Crippen molar-refractivity contribution in [2.24, 2.45) is 0 Å². The van der Waals surface area contributed by atoms with Crippen LogP contribution in [0.3, 0.4) is 0 Å². The highest BCUT2D eigenvalue weighted by Gasteiger charge is 2.33. The van der Waals surface area contributed by atoms with Crippen molar-refractivity contribution in [3.63, 3.8) is 0 Å². The van der Waals surface area contributed by atoms with Gasteiger partial charge in [-0.25, -0.2) is 0 Å². The fourth-order valence-electron chi connectivity index (χ4n) is 2.86. The van der Waals surface area contributed by atoms with Crippen LogP contribution in [0.2, 0.25) is 0 Å². The molecule has 1 heterocycles. The zero-order valence-electron chi connectivity index (χ0n) is 11.0. The highest BCUT2D eigenvalue weighted by Crippen LogP contribution is 2.44. The minimum atomic E-state index is -0.451. The molecule has 21 heavy (non-hydrogen) atoms. The third-order valence-electron chi connectivity index (χ3n) is 3.72. The first kappa shape index (κ1) is 15.1. The second kappa shape index (κ2) is 6.11. The summed E-state index contributed by atoms with van der Waals surface area (Å²) in [5.74, 6) is 0. The monoisotopic (exact) mass is 427 g/mol. The number of halogens is 3. The van der Waals surface area contributed by atoms with Crippen LogP contribution < -0.4 is 4.90 Å². The van der Waals surface area contributed by atoms with Crippen molar-refractivity contribution in [1.29, 1.82) is 0 Å². The highest BCUT2D eigenvalue weighted by atomic mass is 79.9. The first-order valence-electron chi connectivity index (χ1n) is 6.59. The summed E-state index contributed by atoms with van der Waals surface area (Å²) in [6, 6.07) is 14.0. The Kier molecular flexibility index (Phi) is 4.38. The quantitative estimate of drug-likeness (QED) is 0.398. The molecule has 2 aromatic rings. The molecule has 1 aliphatic heterocycles. The summed E-state index contributed by atoms with van der Waals surface area (Å²) in [5, 5.41) is -0.451. The molecule has 5 heteroatoms. The lowest BCUT2D eigenvalue weighted by Gasteiger charge is -2.37. The number of hydrogen-bond acceptors (Lipinski definition) is 1. The fourth-order valence-corrected chi connectivity index (χ4v) is 4.57. The van der Waals surface area contributed by atoms with E-state index in [0.717, 1.165) is 38.6 Å². The van der Waals surface area contributed by atoms with E-state index in [4.69, 9.17) is 11.6 Å². The molecule has 108 valence electrons. The number of benzene rings is 2. The molecule has 0 radical (unpaired) electrons. The molecule has 1 aliphatic rings. The molecular formula is C16H12Br2ClNO. The number of fused-ring (bicyclic) bond motifs is 1. The van der Waals surface area contributed by atoms with Gasteiger partial charge in [-0.05, 0) is 63.6 Å². The molecule has 1 amide bonds. The first-order chi connectivity index (χ1) is 10.1. The maximum atomic E-state index is 12.0. The van der Waals surface area contributed by atoms with Crippen molar-refractivity contribution in [3.8, 4) is 0 Å². The van der Waals surface area contributed by atoms with E-state index in [1.165, 1.54) is 0 Å². The van der Waals surface area contributed by atoms with Crippen LogP contribution in [0.25, 0.3) is 0 Å². The second-order valence-electron chi connectivity index (χ2n) is 4.98. The van der Waals surface area contributed by atoms with Crippen molar-refractivity contribution < 1.29 is 4.79 Å². The van der Waals surface area contributed by atoms with Crippen molar-refractivity contribution in [2.45, 2.75) is 18.9 Å². The summed E-state index contributed by atoms with van der Waals surface area (Å²) >= 11 is 12.9. The van der Waals surface area contributed by atoms with Crippen LogP contribution >= 0.6 is 43.5 Å². The Morgan fingerprint density at radius 3 is 2.57 bits per heavy atom. The van der Waals surface area contributed by atoms with Gasteiger partial charge in [0.1, 0.15) is 0 Å². The summed E-state index contributed by atoms with van der Waals surface area (Å²) < 4.78 is 1.87. The molecule has 1 unspecified atom stereocenters. The number of carbonyl (C=O) groups excluding carboxylic acids is 1. The number of anilines is 1. The third kappa shape index (κ3) is 2.89. The number of hydrogen-bond donors (Lipinski definition) is 0. The minimum absolute atomic E-state index is 0.0267. The lowest BCUT2D eigenvalue weighted by atomic mass is 9.92. The van der Waals surface area contributed by atoms with E-state index < -0.39 is 5.37 Å². The van der Waals surface area contributed by atoms with Gasteiger partial charge >= 0.3 is 5.37 Å². The number of amides is 1. The molecule has 0 aliphatic carbocycles. The van der Waals surface area contributed by atoms with E-state index in [1.807, 2.05) is 42.5 Å². The molecule has 2 nitrogen and oxygen atoms in total. The smallest absolute Gasteiger partial charge is 0.290 e. The molecule has 0 aromatic heterocycles. The van der Waals surface area contributed by atoms with E-state index in [2.05, 4.69) is 31.9 Å². The van der Waals surface area contributed by atoms with Gasteiger partial charge in [-0.1, -0.05) is 46.3 Å². The number of rotatable bonds is 1. The van der Waals surface area contributed by atoms with Crippen LogP contribution in [0, 0.1) is 0 Å². The van der Waals surface area contributed by atoms with E-state index in [0.29, 0.717) is 0 Å². The Bertz CT molecular complexity index is 690. The molecule has 2 aromatic carbocycles. The number of aryl methyl sites for hydroxylation is 1. The molecule has 3 rings (SSSR count). The lowest BCUT2D eigenvalue weighted by Crippen LogP contribution is -2.35. The maximum Gasteiger partial charge on any atom is 0.321 e. The molecule has 0 saturated heterocycles. The van der Waals surface area contributed by atoms with E-state index >= 15 is 0 Å². The topological polar surface area (TPSA) is 20.3 Å². The van der Waals surface area contributed by atoms with Crippen molar-refractivity contribution in [1.82, 2.24) is 0 Å². The maximum absolute atomic E-state index is 12.0. The van der Waals surface area contributed by atoms with Crippen LogP contribution in [0.1, 0.15) is 23.6 Å². The zero-order chi connectivity index (χ0) is 15.0. The summed E-state index contributed by atoms with van der Waals surface area (Å²) in [4.78, 5) is 13.7. The highest BCUT2D eigenvalue weighted by molar-refractivity contribution is 9.11. The average molecular weight is 430 g/mol. The second-order valence-corrected chi connectivity index (χ2v) is 7.08. The Labute approximate surface area is 145 Å². The predicted molar refractivity (Wildman–Crippen MR) is 93.1 cm³/mol. The lowest BCUT2D eigenvalue weighted by molar-refractivity contribution is 0.261. The van der Waals surface area contributed by atoms with Crippen LogP contribution in [-0.2, 0) is 6.42 Å². The van der Waals surface area contributed by atoms with Gasteiger partial charge in [-0.2, -0.15) is 0 Å². The molecule has 0 fully saturated rings. The van der Waals surface area contributed by atoms with Crippen LogP contribution in [-0.4, -0.2) is 5.37 Å². The SMILES string of the molecule is O=C(Cl)N1c2c(Br)cc(Br)cc2CCC1c1ccccc1. The molecule has 0 saturated carbocycles. The number of nitrogens with zero attached hydrogens (tertiary/aromatic N) is 1. The predicted octanol–water partition coefficient (Wildman–Crippen LogP) is 6.06. The largest absolute Gasteiger partial charge is 0.321 e. The standard InChI is InChI=1S/C16H12Br2ClNO/c17-12-8-11-6-7-14(10-4-2-1-3-5-10)20(16(19)21)15(11)13(18)9-12/h1-5,8-9,14H,6-7H2. The summed E-state index contributed by atoms with van der Waals surface area (Å²) in [6.07, 6.45) is 1.77. The molecule has 0 spiro atoms. The normalized spacial score (nSPS) is 17.5. The van der Waals surface area contributed by atoms with E-state index in [9.17, 15) is 4.79 Å². The van der Waals surface area contributed by atoms with Gasteiger partial charge in [-0.3, -0.25) is 9.69 Å². The number of carbonyl (C=O) groups is 1. The minimum Gasteiger partial charge on any atom is -0.290 e. The van der Waals surface area contributed by atoms with Crippen molar-refractivity contribution in [2.75, 3.05) is 4.90 Å². The molecular weight excluding hydrogens is 417 g/mol.